The number of hydrogen-bond donors (Lipinski definition) is 1. The second-order valence-corrected chi connectivity index (χ2v) is 4.75. The Bertz CT molecular complexity index is 400. The third kappa shape index (κ3) is 12.1. The zero-order valence-corrected chi connectivity index (χ0v) is 17.1. The largest absolute Gasteiger partial charge is 0.388 e. The SMILES string of the molecule is C=CC1=C(/C=C(\C=C)CC(C)=O)C(O)CCCC1.CC.CC.CC. The molecule has 2 heteroatoms. The van der Waals surface area contributed by atoms with E-state index < -0.39 is 6.10 Å². The highest BCUT2D eigenvalue weighted by Gasteiger charge is 2.16. The third-order valence-corrected chi connectivity index (χ3v) is 3.21. The van der Waals surface area contributed by atoms with Gasteiger partial charge in [-0.15, -0.1) is 0 Å². The van der Waals surface area contributed by atoms with Crippen LogP contribution in [0.25, 0.3) is 0 Å². The van der Waals surface area contributed by atoms with Crippen LogP contribution in [0.3, 0.4) is 0 Å². The molecule has 0 bridgehead atoms. The van der Waals surface area contributed by atoms with Gasteiger partial charge < -0.3 is 5.11 Å². The van der Waals surface area contributed by atoms with Crippen molar-refractivity contribution in [3.8, 4) is 0 Å². The molecule has 1 atom stereocenters. The summed E-state index contributed by atoms with van der Waals surface area (Å²) in [7, 11) is 0. The monoisotopic (exact) mass is 336 g/mol. The molecule has 0 aromatic rings. The van der Waals surface area contributed by atoms with Crippen LogP contribution in [0.5, 0.6) is 0 Å². The molecule has 0 amide bonds. The summed E-state index contributed by atoms with van der Waals surface area (Å²) in [5.74, 6) is 0.102. The summed E-state index contributed by atoms with van der Waals surface area (Å²) >= 11 is 0. The average Bonchev–Trinajstić information content (AvgIpc) is 2.80. The molecular weight excluding hydrogens is 296 g/mol. The summed E-state index contributed by atoms with van der Waals surface area (Å²) in [6.07, 6.45) is 9.12. The van der Waals surface area contributed by atoms with Gasteiger partial charge in [0.2, 0.25) is 0 Å². The Labute approximate surface area is 151 Å². The molecule has 0 radical (unpaired) electrons. The van der Waals surface area contributed by atoms with Crippen molar-refractivity contribution in [3.63, 3.8) is 0 Å². The summed E-state index contributed by atoms with van der Waals surface area (Å²) in [5, 5.41) is 10.2. The molecule has 1 unspecified atom stereocenters. The zero-order chi connectivity index (χ0) is 19.5. The van der Waals surface area contributed by atoms with E-state index in [-0.39, 0.29) is 5.78 Å². The van der Waals surface area contributed by atoms with Crippen molar-refractivity contribution < 1.29 is 9.90 Å². The molecule has 0 fully saturated rings. The Morgan fingerprint density at radius 1 is 1.12 bits per heavy atom. The van der Waals surface area contributed by atoms with E-state index >= 15 is 0 Å². The maximum Gasteiger partial charge on any atom is 0.134 e. The fraction of sp³-hybridized carbons (Fsp3) is 0.591. The zero-order valence-electron chi connectivity index (χ0n) is 17.1. The van der Waals surface area contributed by atoms with Gasteiger partial charge in [0.15, 0.2) is 0 Å². The maximum atomic E-state index is 11.2. The first-order chi connectivity index (χ1) is 11.6. The molecular formula is C22H40O2. The van der Waals surface area contributed by atoms with Gasteiger partial charge in [0.05, 0.1) is 6.10 Å². The summed E-state index contributed by atoms with van der Waals surface area (Å²) in [4.78, 5) is 11.2. The van der Waals surface area contributed by atoms with Crippen molar-refractivity contribution >= 4 is 5.78 Å². The number of allylic oxidation sites excluding steroid dienone is 4. The Balaban J connectivity index is -0.000000659. The van der Waals surface area contributed by atoms with Crippen molar-refractivity contribution in [2.24, 2.45) is 0 Å². The number of hydrogen-bond acceptors (Lipinski definition) is 2. The van der Waals surface area contributed by atoms with Crippen LogP contribution in [0.15, 0.2) is 48.1 Å². The smallest absolute Gasteiger partial charge is 0.134 e. The van der Waals surface area contributed by atoms with Crippen molar-refractivity contribution in [2.45, 2.75) is 86.7 Å². The Morgan fingerprint density at radius 2 is 1.67 bits per heavy atom. The Morgan fingerprint density at radius 3 is 2.08 bits per heavy atom. The van der Waals surface area contributed by atoms with E-state index in [1.165, 1.54) is 0 Å². The first-order valence-electron chi connectivity index (χ1n) is 9.44. The summed E-state index contributed by atoms with van der Waals surface area (Å²) < 4.78 is 0. The van der Waals surface area contributed by atoms with Crippen molar-refractivity contribution in [1.29, 1.82) is 0 Å². The van der Waals surface area contributed by atoms with Crippen LogP contribution in [-0.4, -0.2) is 17.0 Å². The molecule has 0 heterocycles. The van der Waals surface area contributed by atoms with Crippen LogP contribution in [0.1, 0.15) is 80.6 Å². The van der Waals surface area contributed by atoms with Gasteiger partial charge in [-0.1, -0.05) is 79.3 Å². The van der Waals surface area contributed by atoms with Crippen LogP contribution < -0.4 is 0 Å². The van der Waals surface area contributed by atoms with Crippen molar-refractivity contribution in [3.05, 3.63) is 48.1 Å². The van der Waals surface area contributed by atoms with E-state index in [1.807, 2.05) is 53.7 Å². The van der Waals surface area contributed by atoms with Gasteiger partial charge in [0.25, 0.3) is 0 Å². The number of ketones is 1. The van der Waals surface area contributed by atoms with E-state index in [9.17, 15) is 9.90 Å². The molecule has 0 aromatic heterocycles. The lowest BCUT2D eigenvalue weighted by Crippen LogP contribution is -2.09. The van der Waals surface area contributed by atoms with Crippen LogP contribution in [0, 0.1) is 0 Å². The molecule has 0 spiro atoms. The van der Waals surface area contributed by atoms with E-state index in [0.29, 0.717) is 6.42 Å². The number of carbonyl (C=O) groups is 1. The molecule has 1 rings (SSSR count). The molecule has 1 aliphatic rings. The van der Waals surface area contributed by atoms with Gasteiger partial charge in [0, 0.05) is 6.42 Å². The maximum absolute atomic E-state index is 11.2. The number of Topliss-reactive ketones (excluding diaryl/α,β-unsaturated/α-hetero) is 1. The highest BCUT2D eigenvalue weighted by Crippen LogP contribution is 2.27. The second-order valence-electron chi connectivity index (χ2n) is 4.75. The fourth-order valence-electron chi connectivity index (χ4n) is 2.25. The van der Waals surface area contributed by atoms with Crippen LogP contribution >= 0.6 is 0 Å². The molecule has 0 aliphatic heterocycles. The average molecular weight is 337 g/mol. The van der Waals surface area contributed by atoms with Gasteiger partial charge in [-0.3, -0.25) is 4.79 Å². The quantitative estimate of drug-likeness (QED) is 0.576. The normalized spacial score (nSPS) is 16.8. The lowest BCUT2D eigenvalue weighted by Gasteiger charge is -2.13. The molecule has 1 N–H and O–H groups in total. The topological polar surface area (TPSA) is 37.3 Å². The minimum atomic E-state index is -0.456. The van der Waals surface area contributed by atoms with Gasteiger partial charge in [0.1, 0.15) is 5.78 Å². The predicted octanol–water partition coefficient (Wildman–Crippen LogP) is 6.57. The van der Waals surface area contributed by atoms with Crippen LogP contribution in [0.4, 0.5) is 0 Å². The minimum absolute atomic E-state index is 0.102. The lowest BCUT2D eigenvalue weighted by atomic mass is 9.97. The first kappa shape index (κ1) is 27.4. The molecule has 0 saturated heterocycles. The molecule has 2 nitrogen and oxygen atoms in total. The first-order valence-corrected chi connectivity index (χ1v) is 9.44. The highest BCUT2D eigenvalue weighted by atomic mass is 16.3. The van der Waals surface area contributed by atoms with Gasteiger partial charge in [-0.25, -0.2) is 0 Å². The van der Waals surface area contributed by atoms with Gasteiger partial charge >= 0.3 is 0 Å². The molecule has 24 heavy (non-hydrogen) atoms. The number of aliphatic hydroxyl groups is 1. The molecule has 0 aromatic carbocycles. The van der Waals surface area contributed by atoms with Gasteiger partial charge in [-0.05, 0) is 42.9 Å². The van der Waals surface area contributed by atoms with E-state index in [1.54, 1.807) is 13.0 Å². The van der Waals surface area contributed by atoms with Crippen LogP contribution in [-0.2, 0) is 4.79 Å². The van der Waals surface area contributed by atoms with E-state index in [0.717, 1.165) is 42.4 Å². The lowest BCUT2D eigenvalue weighted by molar-refractivity contribution is -0.116. The minimum Gasteiger partial charge on any atom is -0.388 e. The highest BCUT2D eigenvalue weighted by molar-refractivity contribution is 5.79. The second kappa shape index (κ2) is 19.6. The summed E-state index contributed by atoms with van der Waals surface area (Å²) in [6.45, 7) is 21.1. The third-order valence-electron chi connectivity index (χ3n) is 3.21. The molecule has 1 aliphatic carbocycles. The Kier molecular flexibility index (Phi) is 22.4. The molecule has 0 saturated carbocycles. The van der Waals surface area contributed by atoms with Crippen molar-refractivity contribution in [2.75, 3.05) is 0 Å². The van der Waals surface area contributed by atoms with Crippen LogP contribution in [0.2, 0.25) is 0 Å². The van der Waals surface area contributed by atoms with Gasteiger partial charge in [-0.2, -0.15) is 0 Å². The van der Waals surface area contributed by atoms with E-state index in [4.69, 9.17) is 0 Å². The Hall–Kier alpha value is -1.41. The predicted molar refractivity (Wildman–Crippen MR) is 109 cm³/mol. The fourth-order valence-corrected chi connectivity index (χ4v) is 2.25. The van der Waals surface area contributed by atoms with Crippen molar-refractivity contribution in [1.82, 2.24) is 0 Å². The summed E-state index contributed by atoms with van der Waals surface area (Å²) in [6, 6.07) is 0. The number of rotatable bonds is 5. The van der Waals surface area contributed by atoms with E-state index in [2.05, 4.69) is 13.2 Å². The standard InChI is InChI=1S/C16H22O2.3C2H6/c1-4-13(10-12(3)17)11-15-14(5-2)8-6-7-9-16(15)18;3*1-2/h4-5,11,16,18H,1-2,6-10H2,3H3;3*1-2H3/b13-11+;;;. The molecule has 140 valence electrons. The number of carbonyl (C=O) groups excluding carboxylic acids is 1. The summed E-state index contributed by atoms with van der Waals surface area (Å²) in [5.41, 5.74) is 2.85. The number of aliphatic hydroxyl groups excluding tert-OH is 1.